The van der Waals surface area contributed by atoms with E-state index < -0.39 is 4.92 Å². The van der Waals surface area contributed by atoms with E-state index in [1.165, 1.54) is 23.8 Å². The molecule has 0 saturated heterocycles. The first kappa shape index (κ1) is 21.2. The topological polar surface area (TPSA) is 81.5 Å². The van der Waals surface area contributed by atoms with Gasteiger partial charge in [-0.05, 0) is 47.2 Å². The van der Waals surface area contributed by atoms with Crippen LogP contribution in [0.2, 0.25) is 0 Å². The number of carbonyl (C=O) groups is 1. The lowest BCUT2D eigenvalue weighted by molar-refractivity contribution is -0.385. The van der Waals surface area contributed by atoms with Crippen LogP contribution in [0.5, 0.6) is 5.75 Å². The van der Waals surface area contributed by atoms with Crippen LogP contribution in [-0.4, -0.2) is 17.4 Å². The minimum absolute atomic E-state index is 0.0458. The highest BCUT2D eigenvalue weighted by molar-refractivity contribution is 6.02. The van der Waals surface area contributed by atoms with Gasteiger partial charge in [0.2, 0.25) is 5.91 Å². The van der Waals surface area contributed by atoms with Gasteiger partial charge in [0, 0.05) is 17.8 Å². The molecule has 2 rings (SSSR count). The minimum atomic E-state index is -0.487. The first-order valence-corrected chi connectivity index (χ1v) is 9.21. The average Bonchev–Trinajstić information content (AvgIpc) is 2.64. The Hall–Kier alpha value is -3.15. The molecule has 2 aromatic carbocycles. The number of amides is 1. The van der Waals surface area contributed by atoms with Gasteiger partial charge in [-0.1, -0.05) is 45.9 Å². The second kappa shape index (κ2) is 9.17. The summed E-state index contributed by atoms with van der Waals surface area (Å²) in [5.41, 5.74) is 2.35. The zero-order valence-electron chi connectivity index (χ0n) is 16.7. The molecule has 28 heavy (non-hydrogen) atoms. The summed E-state index contributed by atoms with van der Waals surface area (Å²) in [7, 11) is 0. The lowest BCUT2D eigenvalue weighted by atomic mass is 9.87. The Morgan fingerprint density at radius 2 is 1.86 bits per heavy atom. The number of benzene rings is 2. The van der Waals surface area contributed by atoms with Gasteiger partial charge in [0.05, 0.1) is 11.5 Å². The number of nitrogens with one attached hydrogen (secondary N) is 1. The van der Waals surface area contributed by atoms with Gasteiger partial charge in [0.25, 0.3) is 0 Å². The summed E-state index contributed by atoms with van der Waals surface area (Å²) in [6.45, 7) is 8.72. The molecule has 0 bridgehead atoms. The zero-order valence-corrected chi connectivity index (χ0v) is 16.7. The fourth-order valence-corrected chi connectivity index (χ4v) is 2.52. The molecule has 0 spiro atoms. The van der Waals surface area contributed by atoms with E-state index in [2.05, 4.69) is 26.1 Å². The minimum Gasteiger partial charge on any atom is -0.487 e. The third-order valence-electron chi connectivity index (χ3n) is 4.09. The summed E-state index contributed by atoms with van der Waals surface area (Å²) < 4.78 is 5.40. The monoisotopic (exact) mass is 382 g/mol. The van der Waals surface area contributed by atoms with Crippen molar-refractivity contribution < 1.29 is 14.5 Å². The molecule has 0 radical (unpaired) electrons. The number of nitro benzene ring substituents is 1. The Bertz CT molecular complexity index is 865. The van der Waals surface area contributed by atoms with Gasteiger partial charge in [-0.2, -0.15) is 0 Å². The van der Waals surface area contributed by atoms with Gasteiger partial charge in [0.1, 0.15) is 0 Å². The summed E-state index contributed by atoms with van der Waals surface area (Å²) in [6.07, 6.45) is 3.65. The lowest BCUT2D eigenvalue weighted by Gasteiger charge is -2.19. The van der Waals surface area contributed by atoms with Gasteiger partial charge in [-0.3, -0.25) is 14.9 Å². The molecule has 6 heteroatoms. The Balaban J connectivity index is 2.07. The second-order valence-corrected chi connectivity index (χ2v) is 7.48. The maximum atomic E-state index is 12.1. The molecule has 2 aromatic rings. The molecular weight excluding hydrogens is 356 g/mol. The quantitative estimate of drug-likeness (QED) is 0.398. The first-order valence-electron chi connectivity index (χ1n) is 9.21. The highest BCUT2D eigenvalue weighted by Gasteiger charge is 2.15. The lowest BCUT2D eigenvalue weighted by Crippen LogP contribution is -2.12. The molecule has 0 aromatic heterocycles. The molecule has 0 heterocycles. The smallest absolute Gasteiger partial charge is 0.311 e. The van der Waals surface area contributed by atoms with E-state index in [1.807, 2.05) is 31.2 Å². The maximum absolute atomic E-state index is 12.1. The van der Waals surface area contributed by atoms with Crippen molar-refractivity contribution in [2.75, 3.05) is 11.9 Å². The predicted molar refractivity (Wildman–Crippen MR) is 112 cm³/mol. The number of hydrogen-bond acceptors (Lipinski definition) is 4. The number of nitro groups is 1. The van der Waals surface area contributed by atoms with Crippen LogP contribution < -0.4 is 10.1 Å². The van der Waals surface area contributed by atoms with Gasteiger partial charge in [-0.25, -0.2) is 0 Å². The van der Waals surface area contributed by atoms with E-state index >= 15 is 0 Å². The molecule has 1 amide bonds. The normalized spacial score (nSPS) is 11.4. The maximum Gasteiger partial charge on any atom is 0.311 e. The van der Waals surface area contributed by atoms with E-state index in [4.69, 9.17) is 4.74 Å². The SMILES string of the molecule is CCCOc1ccc(/C=C/C(=O)Nc2ccc(C(C)(C)C)cc2)cc1[N+](=O)[O-]. The molecule has 0 aliphatic heterocycles. The Morgan fingerprint density at radius 1 is 1.18 bits per heavy atom. The van der Waals surface area contributed by atoms with Crippen molar-refractivity contribution in [3.05, 3.63) is 69.8 Å². The van der Waals surface area contributed by atoms with Crippen LogP contribution in [0.15, 0.2) is 48.5 Å². The zero-order chi connectivity index (χ0) is 20.7. The van der Waals surface area contributed by atoms with E-state index in [0.29, 0.717) is 17.9 Å². The Kier molecular flexibility index (Phi) is 6.93. The van der Waals surface area contributed by atoms with E-state index in [9.17, 15) is 14.9 Å². The number of carbonyl (C=O) groups excluding carboxylic acids is 1. The van der Waals surface area contributed by atoms with Crippen molar-refractivity contribution in [2.24, 2.45) is 0 Å². The van der Waals surface area contributed by atoms with Crippen molar-refractivity contribution >= 4 is 23.4 Å². The molecule has 0 aliphatic carbocycles. The number of ether oxygens (including phenoxy) is 1. The number of nitrogens with zero attached hydrogens (tertiary/aromatic N) is 1. The molecule has 0 atom stereocenters. The van der Waals surface area contributed by atoms with Crippen LogP contribution in [0.3, 0.4) is 0 Å². The van der Waals surface area contributed by atoms with E-state index in [0.717, 1.165) is 6.42 Å². The highest BCUT2D eigenvalue weighted by Crippen LogP contribution is 2.28. The Labute approximate surface area is 165 Å². The third-order valence-corrected chi connectivity index (χ3v) is 4.09. The molecule has 148 valence electrons. The van der Waals surface area contributed by atoms with E-state index in [1.54, 1.807) is 12.1 Å². The number of rotatable bonds is 7. The van der Waals surface area contributed by atoms with Crippen LogP contribution in [-0.2, 0) is 10.2 Å². The van der Waals surface area contributed by atoms with Crippen LogP contribution in [0.25, 0.3) is 6.08 Å². The fourth-order valence-electron chi connectivity index (χ4n) is 2.52. The summed E-state index contributed by atoms with van der Waals surface area (Å²) in [5, 5.41) is 14.0. The second-order valence-electron chi connectivity index (χ2n) is 7.48. The highest BCUT2D eigenvalue weighted by atomic mass is 16.6. The average molecular weight is 382 g/mol. The summed E-state index contributed by atoms with van der Waals surface area (Å²) in [5.74, 6) is -0.0788. The van der Waals surface area contributed by atoms with Crippen LogP contribution >= 0.6 is 0 Å². The number of anilines is 1. The largest absolute Gasteiger partial charge is 0.487 e. The van der Waals surface area contributed by atoms with Crippen LogP contribution in [0, 0.1) is 10.1 Å². The van der Waals surface area contributed by atoms with Crippen molar-refractivity contribution in [2.45, 2.75) is 39.5 Å². The van der Waals surface area contributed by atoms with Crippen LogP contribution in [0.4, 0.5) is 11.4 Å². The summed E-state index contributed by atoms with van der Waals surface area (Å²) in [6, 6.07) is 12.3. The van der Waals surface area contributed by atoms with Gasteiger partial charge >= 0.3 is 5.69 Å². The third kappa shape index (κ3) is 5.94. The molecule has 0 aliphatic rings. The Morgan fingerprint density at radius 3 is 2.43 bits per heavy atom. The summed E-state index contributed by atoms with van der Waals surface area (Å²) in [4.78, 5) is 22.9. The molecular formula is C22H26N2O4. The molecule has 1 N–H and O–H groups in total. The number of hydrogen-bond donors (Lipinski definition) is 1. The fraction of sp³-hybridized carbons (Fsp3) is 0.318. The molecule has 0 unspecified atom stereocenters. The molecule has 0 saturated carbocycles. The van der Waals surface area contributed by atoms with Crippen molar-refractivity contribution in [3.63, 3.8) is 0 Å². The predicted octanol–water partition coefficient (Wildman–Crippen LogP) is 5.33. The van der Waals surface area contributed by atoms with Crippen molar-refractivity contribution in [1.29, 1.82) is 0 Å². The van der Waals surface area contributed by atoms with E-state index in [-0.39, 0.29) is 22.8 Å². The van der Waals surface area contributed by atoms with Crippen molar-refractivity contribution in [1.82, 2.24) is 0 Å². The molecule has 6 nitrogen and oxygen atoms in total. The van der Waals surface area contributed by atoms with Gasteiger partial charge in [0.15, 0.2) is 5.75 Å². The van der Waals surface area contributed by atoms with Gasteiger partial charge < -0.3 is 10.1 Å². The standard InChI is InChI=1S/C22H26N2O4/c1-5-14-28-20-12-6-16(15-19(20)24(26)27)7-13-21(25)23-18-10-8-17(9-11-18)22(2,3)4/h6-13,15H,5,14H2,1-4H3,(H,23,25)/b13-7+. The van der Waals surface area contributed by atoms with Crippen LogP contribution in [0.1, 0.15) is 45.2 Å². The molecule has 0 fully saturated rings. The summed E-state index contributed by atoms with van der Waals surface area (Å²) >= 11 is 0. The van der Waals surface area contributed by atoms with Gasteiger partial charge in [-0.15, -0.1) is 0 Å². The first-order chi connectivity index (χ1) is 13.2. The van der Waals surface area contributed by atoms with Crippen molar-refractivity contribution in [3.8, 4) is 5.75 Å².